The topological polar surface area (TPSA) is 75.3 Å². The highest BCUT2D eigenvalue weighted by molar-refractivity contribution is 7.91. The molecule has 0 aliphatic carbocycles. The van der Waals surface area contributed by atoms with E-state index in [0.717, 1.165) is 0 Å². The Balaban J connectivity index is 1.79. The summed E-state index contributed by atoms with van der Waals surface area (Å²) >= 11 is 0. The molecule has 1 saturated heterocycles. The molecule has 1 aromatic rings. The molecule has 0 spiro atoms. The van der Waals surface area contributed by atoms with E-state index < -0.39 is 9.84 Å². The third kappa shape index (κ3) is 4.20. The Bertz CT molecular complexity index is 574. The minimum absolute atomic E-state index is 0.00128. The number of carbonyl (C=O) groups is 1. The number of hydrogen-bond donors (Lipinski definition) is 2. The van der Waals surface area contributed by atoms with Gasteiger partial charge in [-0.2, -0.15) is 0 Å². The Kier molecular flexibility index (Phi) is 4.04. The fourth-order valence-electron chi connectivity index (χ4n) is 1.97. The van der Waals surface area contributed by atoms with Crippen molar-refractivity contribution in [3.8, 4) is 0 Å². The van der Waals surface area contributed by atoms with Crippen LogP contribution in [0.25, 0.3) is 0 Å². The summed E-state index contributed by atoms with van der Waals surface area (Å²) in [5.41, 5.74) is 0.509. The van der Waals surface area contributed by atoms with Gasteiger partial charge in [-0.15, -0.1) is 0 Å². The van der Waals surface area contributed by atoms with Gasteiger partial charge in [0.15, 0.2) is 9.84 Å². The second-order valence-electron chi connectivity index (χ2n) is 4.53. The lowest BCUT2D eigenvalue weighted by Gasteiger charge is -2.11. The smallest absolute Gasteiger partial charge is 0.239 e. The van der Waals surface area contributed by atoms with Gasteiger partial charge >= 0.3 is 0 Å². The zero-order valence-electron chi connectivity index (χ0n) is 10.2. The Morgan fingerprint density at radius 1 is 1.42 bits per heavy atom. The molecule has 1 fully saturated rings. The van der Waals surface area contributed by atoms with Gasteiger partial charge in [0.25, 0.3) is 0 Å². The normalized spacial score (nSPS) is 21.0. The molecule has 0 bridgehead atoms. The van der Waals surface area contributed by atoms with Crippen LogP contribution in [-0.4, -0.2) is 38.4 Å². The van der Waals surface area contributed by atoms with Crippen LogP contribution in [0.5, 0.6) is 0 Å². The van der Waals surface area contributed by atoms with Crippen molar-refractivity contribution in [2.45, 2.75) is 12.5 Å². The summed E-state index contributed by atoms with van der Waals surface area (Å²) in [7, 11) is -3.00. The number of anilines is 1. The van der Waals surface area contributed by atoms with E-state index in [1.807, 2.05) is 0 Å². The largest absolute Gasteiger partial charge is 0.376 e. The number of sulfone groups is 1. The van der Waals surface area contributed by atoms with E-state index in [9.17, 15) is 17.6 Å². The summed E-state index contributed by atoms with van der Waals surface area (Å²) in [5.74, 6) is -0.563. The van der Waals surface area contributed by atoms with E-state index in [1.165, 1.54) is 12.1 Å². The van der Waals surface area contributed by atoms with Crippen LogP contribution in [0.3, 0.4) is 0 Å². The molecule has 1 aliphatic heterocycles. The second-order valence-corrected chi connectivity index (χ2v) is 6.76. The van der Waals surface area contributed by atoms with Crippen molar-refractivity contribution >= 4 is 21.4 Å². The summed E-state index contributed by atoms with van der Waals surface area (Å²) in [5, 5.41) is 5.42. The Morgan fingerprint density at radius 3 is 2.84 bits per heavy atom. The molecule has 104 valence electrons. The lowest BCUT2D eigenvalue weighted by Crippen LogP contribution is -2.39. The van der Waals surface area contributed by atoms with Gasteiger partial charge in [0.2, 0.25) is 5.91 Å². The van der Waals surface area contributed by atoms with Gasteiger partial charge in [0, 0.05) is 11.7 Å². The van der Waals surface area contributed by atoms with Crippen LogP contribution in [-0.2, 0) is 14.6 Å². The average molecular weight is 286 g/mol. The molecule has 1 aromatic carbocycles. The predicted octanol–water partition coefficient (Wildman–Crippen LogP) is 0.541. The SMILES string of the molecule is O=C(CNc1cccc(F)c1)N[C@H]1CCS(=O)(=O)C1. The molecular weight excluding hydrogens is 271 g/mol. The van der Waals surface area contributed by atoms with E-state index in [2.05, 4.69) is 10.6 Å². The van der Waals surface area contributed by atoms with E-state index in [0.29, 0.717) is 12.1 Å². The molecule has 0 radical (unpaired) electrons. The van der Waals surface area contributed by atoms with Crippen molar-refractivity contribution in [3.63, 3.8) is 0 Å². The zero-order chi connectivity index (χ0) is 13.9. The van der Waals surface area contributed by atoms with Gasteiger partial charge in [-0.25, -0.2) is 12.8 Å². The van der Waals surface area contributed by atoms with Gasteiger partial charge in [-0.05, 0) is 24.6 Å². The van der Waals surface area contributed by atoms with Gasteiger partial charge in [-0.1, -0.05) is 6.07 Å². The molecule has 2 N–H and O–H groups in total. The van der Waals surface area contributed by atoms with Gasteiger partial charge in [0.05, 0.1) is 18.1 Å². The van der Waals surface area contributed by atoms with Crippen molar-refractivity contribution in [3.05, 3.63) is 30.1 Å². The highest BCUT2D eigenvalue weighted by Crippen LogP contribution is 2.11. The van der Waals surface area contributed by atoms with Gasteiger partial charge in [-0.3, -0.25) is 4.79 Å². The van der Waals surface area contributed by atoms with Crippen molar-refractivity contribution in [2.24, 2.45) is 0 Å². The van der Waals surface area contributed by atoms with Crippen LogP contribution in [0, 0.1) is 5.82 Å². The number of carbonyl (C=O) groups excluding carboxylic acids is 1. The Hall–Kier alpha value is -1.63. The van der Waals surface area contributed by atoms with Gasteiger partial charge < -0.3 is 10.6 Å². The summed E-state index contributed by atoms with van der Waals surface area (Å²) < 4.78 is 35.4. The van der Waals surface area contributed by atoms with Crippen LogP contribution in [0.2, 0.25) is 0 Å². The van der Waals surface area contributed by atoms with E-state index >= 15 is 0 Å². The van der Waals surface area contributed by atoms with Crippen molar-refractivity contribution < 1.29 is 17.6 Å². The Labute approximate surface area is 111 Å². The Morgan fingerprint density at radius 2 is 2.21 bits per heavy atom. The molecule has 1 amide bonds. The van der Waals surface area contributed by atoms with Gasteiger partial charge in [0.1, 0.15) is 5.82 Å². The molecule has 5 nitrogen and oxygen atoms in total. The average Bonchev–Trinajstić information content (AvgIpc) is 2.66. The van der Waals surface area contributed by atoms with Crippen LogP contribution in [0.15, 0.2) is 24.3 Å². The van der Waals surface area contributed by atoms with Crippen molar-refractivity contribution in [2.75, 3.05) is 23.4 Å². The summed E-state index contributed by atoms with van der Waals surface area (Å²) in [6.07, 6.45) is 0.452. The molecule has 2 rings (SSSR count). The molecule has 19 heavy (non-hydrogen) atoms. The van der Waals surface area contributed by atoms with E-state index in [1.54, 1.807) is 12.1 Å². The lowest BCUT2D eigenvalue weighted by atomic mass is 10.2. The zero-order valence-corrected chi connectivity index (χ0v) is 11.0. The molecular formula is C12H15FN2O3S. The lowest BCUT2D eigenvalue weighted by molar-refractivity contribution is -0.119. The molecule has 0 aromatic heterocycles. The number of nitrogens with one attached hydrogen (secondary N) is 2. The maximum atomic E-state index is 12.9. The number of amides is 1. The first-order chi connectivity index (χ1) is 8.94. The number of hydrogen-bond acceptors (Lipinski definition) is 4. The minimum Gasteiger partial charge on any atom is -0.376 e. The number of rotatable bonds is 4. The summed E-state index contributed by atoms with van der Waals surface area (Å²) in [6.45, 7) is -0.0139. The predicted molar refractivity (Wildman–Crippen MR) is 70.1 cm³/mol. The first-order valence-corrected chi connectivity index (χ1v) is 7.76. The second kappa shape index (κ2) is 5.56. The fourth-order valence-corrected chi connectivity index (χ4v) is 3.64. The quantitative estimate of drug-likeness (QED) is 0.847. The fraction of sp³-hybridized carbons (Fsp3) is 0.417. The molecule has 1 heterocycles. The monoisotopic (exact) mass is 286 g/mol. The number of benzene rings is 1. The molecule has 1 atom stereocenters. The van der Waals surface area contributed by atoms with E-state index in [-0.39, 0.29) is 35.8 Å². The summed E-state index contributed by atoms with van der Waals surface area (Å²) in [4.78, 5) is 11.6. The minimum atomic E-state index is -3.00. The van der Waals surface area contributed by atoms with Crippen LogP contribution in [0.1, 0.15) is 6.42 Å². The third-order valence-electron chi connectivity index (χ3n) is 2.88. The highest BCUT2D eigenvalue weighted by Gasteiger charge is 2.28. The molecule has 0 unspecified atom stereocenters. The van der Waals surface area contributed by atoms with Crippen molar-refractivity contribution in [1.29, 1.82) is 0 Å². The molecule has 0 saturated carbocycles. The third-order valence-corrected chi connectivity index (χ3v) is 4.64. The summed E-state index contributed by atoms with van der Waals surface area (Å²) in [6, 6.07) is 5.48. The molecule has 7 heteroatoms. The standard InChI is InChI=1S/C12H15FN2O3S/c13-9-2-1-3-10(6-9)14-7-12(16)15-11-4-5-19(17,18)8-11/h1-3,6,11,14H,4-5,7-8H2,(H,15,16)/t11-/m0/s1. The van der Waals surface area contributed by atoms with Crippen molar-refractivity contribution in [1.82, 2.24) is 5.32 Å². The molecule has 1 aliphatic rings. The maximum absolute atomic E-state index is 12.9. The number of halogens is 1. The highest BCUT2D eigenvalue weighted by atomic mass is 32.2. The maximum Gasteiger partial charge on any atom is 0.239 e. The van der Waals surface area contributed by atoms with E-state index in [4.69, 9.17) is 0 Å². The van der Waals surface area contributed by atoms with Crippen LogP contribution >= 0.6 is 0 Å². The first kappa shape index (κ1) is 13.8. The van der Waals surface area contributed by atoms with Crippen LogP contribution < -0.4 is 10.6 Å². The first-order valence-electron chi connectivity index (χ1n) is 5.94. The van der Waals surface area contributed by atoms with Crippen LogP contribution in [0.4, 0.5) is 10.1 Å².